The molecule has 0 spiro atoms. The first-order chi connectivity index (χ1) is 16.0. The molecule has 0 unspecified atom stereocenters. The molecule has 0 aliphatic carbocycles. The van der Waals surface area contributed by atoms with Crippen molar-refractivity contribution in [1.29, 1.82) is 0 Å². The highest BCUT2D eigenvalue weighted by Gasteiger charge is 2.18. The van der Waals surface area contributed by atoms with E-state index in [-0.39, 0.29) is 18.7 Å². The molecule has 4 aromatic rings. The van der Waals surface area contributed by atoms with Crippen molar-refractivity contribution in [2.75, 3.05) is 18.0 Å². The molecule has 1 aromatic heterocycles. The number of rotatable bonds is 9. The quantitative estimate of drug-likeness (QED) is 0.295. The van der Waals surface area contributed by atoms with E-state index < -0.39 is 10.9 Å². The second kappa shape index (κ2) is 9.86. The molecule has 0 saturated carbocycles. The maximum atomic E-state index is 11.3. The minimum absolute atomic E-state index is 0.0424. The molecule has 0 aliphatic rings. The van der Waals surface area contributed by atoms with Gasteiger partial charge in [-0.2, -0.15) is 0 Å². The number of aromatic nitrogens is 2. The largest absolute Gasteiger partial charge is 0.481 e. The van der Waals surface area contributed by atoms with Crippen molar-refractivity contribution in [3.63, 3.8) is 0 Å². The molecule has 0 saturated heterocycles. The number of aliphatic carboxylic acids is 1. The van der Waals surface area contributed by atoms with Gasteiger partial charge in [-0.1, -0.05) is 54.6 Å². The Hall–Kier alpha value is -4.33. The zero-order valence-electron chi connectivity index (χ0n) is 17.8. The third-order valence-electron chi connectivity index (χ3n) is 5.31. The number of carboxylic acids is 1. The van der Waals surface area contributed by atoms with Crippen molar-refractivity contribution in [1.82, 2.24) is 9.97 Å². The molecule has 8 nitrogen and oxygen atoms in total. The summed E-state index contributed by atoms with van der Waals surface area (Å²) in [6.45, 7) is 0.838. The first-order valence-corrected chi connectivity index (χ1v) is 10.5. The summed E-state index contributed by atoms with van der Waals surface area (Å²) in [4.78, 5) is 33.5. The SMILES string of the molecule is O=C(O)CCN(CCc1ccccc1)c1nc(-c2cccc([N+](=O)[O-])c2)nc2ccccc12. The number of non-ortho nitro benzene ring substituents is 1. The highest BCUT2D eigenvalue weighted by molar-refractivity contribution is 5.91. The summed E-state index contributed by atoms with van der Waals surface area (Å²) in [7, 11) is 0. The van der Waals surface area contributed by atoms with Gasteiger partial charge in [-0.25, -0.2) is 9.97 Å². The number of nitro benzene ring substituents is 1. The van der Waals surface area contributed by atoms with Gasteiger partial charge in [-0.3, -0.25) is 14.9 Å². The van der Waals surface area contributed by atoms with Crippen LogP contribution in [0.25, 0.3) is 22.3 Å². The van der Waals surface area contributed by atoms with Crippen LogP contribution in [0.15, 0.2) is 78.9 Å². The Kier molecular flexibility index (Phi) is 6.54. The third kappa shape index (κ3) is 5.30. The molecule has 0 aliphatic heterocycles. The summed E-state index contributed by atoms with van der Waals surface area (Å²) in [6, 6.07) is 23.6. The maximum absolute atomic E-state index is 11.3. The predicted octanol–water partition coefficient (Wildman–Crippen LogP) is 4.73. The fraction of sp³-hybridized carbons (Fsp3) is 0.160. The number of fused-ring (bicyclic) bond motifs is 1. The highest BCUT2D eigenvalue weighted by atomic mass is 16.6. The number of benzene rings is 3. The van der Waals surface area contributed by atoms with Gasteiger partial charge < -0.3 is 10.0 Å². The lowest BCUT2D eigenvalue weighted by molar-refractivity contribution is -0.384. The maximum Gasteiger partial charge on any atom is 0.305 e. The number of anilines is 1. The lowest BCUT2D eigenvalue weighted by atomic mass is 10.1. The van der Waals surface area contributed by atoms with E-state index in [0.717, 1.165) is 10.9 Å². The number of nitrogens with zero attached hydrogens (tertiary/aromatic N) is 4. The molecular formula is C25H22N4O4. The summed E-state index contributed by atoms with van der Waals surface area (Å²) in [5, 5.41) is 21.3. The average Bonchev–Trinajstić information content (AvgIpc) is 2.84. The number of para-hydroxylation sites is 1. The van der Waals surface area contributed by atoms with Crippen LogP contribution in [0.4, 0.5) is 11.5 Å². The number of carbonyl (C=O) groups is 1. The van der Waals surface area contributed by atoms with Gasteiger partial charge in [-0.05, 0) is 24.1 Å². The Morgan fingerprint density at radius 3 is 2.45 bits per heavy atom. The summed E-state index contributed by atoms with van der Waals surface area (Å²) >= 11 is 0. The van der Waals surface area contributed by atoms with Gasteiger partial charge >= 0.3 is 5.97 Å². The summed E-state index contributed by atoms with van der Waals surface area (Å²) in [5.74, 6) is 0.0729. The lowest BCUT2D eigenvalue weighted by Crippen LogP contribution is -2.29. The van der Waals surface area contributed by atoms with Gasteiger partial charge in [0.25, 0.3) is 5.69 Å². The number of hydrogen-bond donors (Lipinski definition) is 1. The number of carboxylic acid groups (broad SMARTS) is 1. The van der Waals surface area contributed by atoms with Crippen LogP contribution < -0.4 is 4.90 Å². The van der Waals surface area contributed by atoms with Crippen molar-refractivity contribution in [3.8, 4) is 11.4 Å². The minimum Gasteiger partial charge on any atom is -0.481 e. The van der Waals surface area contributed by atoms with Crippen LogP contribution in [0.1, 0.15) is 12.0 Å². The highest BCUT2D eigenvalue weighted by Crippen LogP contribution is 2.29. The Balaban J connectivity index is 1.78. The van der Waals surface area contributed by atoms with E-state index in [0.29, 0.717) is 35.7 Å². The number of nitro groups is 1. The molecule has 3 aromatic carbocycles. The van der Waals surface area contributed by atoms with Crippen LogP contribution in [-0.4, -0.2) is 39.1 Å². The van der Waals surface area contributed by atoms with Crippen LogP contribution >= 0.6 is 0 Å². The molecule has 1 N–H and O–H groups in total. The molecule has 0 atom stereocenters. The van der Waals surface area contributed by atoms with Gasteiger partial charge in [0, 0.05) is 36.2 Å². The molecule has 0 radical (unpaired) electrons. The zero-order valence-corrected chi connectivity index (χ0v) is 17.8. The molecule has 0 amide bonds. The van der Waals surface area contributed by atoms with E-state index >= 15 is 0 Å². The predicted molar refractivity (Wildman–Crippen MR) is 126 cm³/mol. The molecule has 0 bridgehead atoms. The van der Waals surface area contributed by atoms with Crippen LogP contribution in [0.2, 0.25) is 0 Å². The summed E-state index contributed by atoms with van der Waals surface area (Å²) in [5.41, 5.74) is 2.30. The van der Waals surface area contributed by atoms with E-state index in [4.69, 9.17) is 4.98 Å². The first-order valence-electron chi connectivity index (χ1n) is 10.5. The van der Waals surface area contributed by atoms with Crippen LogP contribution in [-0.2, 0) is 11.2 Å². The van der Waals surface area contributed by atoms with E-state index in [1.165, 1.54) is 12.1 Å². The van der Waals surface area contributed by atoms with Crippen molar-refractivity contribution < 1.29 is 14.8 Å². The van der Waals surface area contributed by atoms with E-state index in [2.05, 4.69) is 4.98 Å². The normalized spacial score (nSPS) is 10.8. The van der Waals surface area contributed by atoms with Gasteiger partial charge in [0.15, 0.2) is 5.82 Å². The van der Waals surface area contributed by atoms with Crippen molar-refractivity contribution in [2.45, 2.75) is 12.8 Å². The molecule has 166 valence electrons. The fourth-order valence-electron chi connectivity index (χ4n) is 3.65. The Labute approximate surface area is 190 Å². The minimum atomic E-state index is -0.892. The molecule has 0 fully saturated rings. The Morgan fingerprint density at radius 1 is 0.939 bits per heavy atom. The van der Waals surface area contributed by atoms with Gasteiger partial charge in [0.1, 0.15) is 5.82 Å². The Morgan fingerprint density at radius 2 is 1.70 bits per heavy atom. The van der Waals surface area contributed by atoms with Crippen LogP contribution in [0.3, 0.4) is 0 Å². The monoisotopic (exact) mass is 442 g/mol. The summed E-state index contributed by atoms with van der Waals surface area (Å²) in [6.07, 6.45) is 0.671. The van der Waals surface area contributed by atoms with Crippen molar-refractivity contribution in [3.05, 3.63) is 94.5 Å². The molecule has 8 heteroatoms. The van der Waals surface area contributed by atoms with E-state index in [1.54, 1.807) is 12.1 Å². The smallest absolute Gasteiger partial charge is 0.305 e. The van der Waals surface area contributed by atoms with E-state index in [1.807, 2.05) is 59.5 Å². The second-order valence-electron chi connectivity index (χ2n) is 7.56. The molecule has 33 heavy (non-hydrogen) atoms. The summed E-state index contributed by atoms with van der Waals surface area (Å²) < 4.78 is 0. The zero-order chi connectivity index (χ0) is 23.2. The first kappa shape index (κ1) is 21.9. The van der Waals surface area contributed by atoms with Crippen LogP contribution in [0, 0.1) is 10.1 Å². The van der Waals surface area contributed by atoms with Gasteiger partial charge in [-0.15, -0.1) is 0 Å². The molecule has 1 heterocycles. The second-order valence-corrected chi connectivity index (χ2v) is 7.56. The van der Waals surface area contributed by atoms with Crippen molar-refractivity contribution >= 4 is 28.4 Å². The van der Waals surface area contributed by atoms with Gasteiger partial charge in [0.05, 0.1) is 16.9 Å². The lowest BCUT2D eigenvalue weighted by Gasteiger charge is -2.25. The third-order valence-corrected chi connectivity index (χ3v) is 5.31. The topological polar surface area (TPSA) is 109 Å². The standard InChI is InChI=1S/C25H22N4O4/c30-23(31)14-16-28(15-13-18-7-2-1-3-8-18)25-21-11-4-5-12-22(21)26-24(27-25)19-9-6-10-20(17-19)29(32)33/h1-12,17H,13-16H2,(H,30,31). The number of hydrogen-bond acceptors (Lipinski definition) is 6. The van der Waals surface area contributed by atoms with Gasteiger partial charge in [0.2, 0.25) is 0 Å². The van der Waals surface area contributed by atoms with E-state index in [9.17, 15) is 20.0 Å². The molecular weight excluding hydrogens is 420 g/mol. The Bertz CT molecular complexity index is 1290. The fourth-order valence-corrected chi connectivity index (χ4v) is 3.65. The average molecular weight is 442 g/mol. The molecule has 4 rings (SSSR count). The van der Waals surface area contributed by atoms with Crippen molar-refractivity contribution in [2.24, 2.45) is 0 Å². The van der Waals surface area contributed by atoms with Crippen LogP contribution in [0.5, 0.6) is 0 Å².